The van der Waals surface area contributed by atoms with Crippen LogP contribution < -0.4 is 10.1 Å². The van der Waals surface area contributed by atoms with Crippen LogP contribution in [0, 0.1) is 5.41 Å². The quantitative estimate of drug-likeness (QED) is 0.907. The van der Waals surface area contributed by atoms with Gasteiger partial charge in [-0.2, -0.15) is 0 Å². The summed E-state index contributed by atoms with van der Waals surface area (Å²) in [6, 6.07) is 6.54. The summed E-state index contributed by atoms with van der Waals surface area (Å²) in [6.45, 7) is 6.89. The first-order valence-electron chi connectivity index (χ1n) is 7.28. The van der Waals surface area contributed by atoms with Crippen molar-refractivity contribution >= 4 is 0 Å². The Bertz CT molecular complexity index is 438. The summed E-state index contributed by atoms with van der Waals surface area (Å²) >= 11 is 0. The van der Waals surface area contributed by atoms with Crippen LogP contribution in [-0.4, -0.2) is 26.4 Å². The van der Waals surface area contributed by atoms with E-state index < -0.39 is 0 Å². The highest BCUT2D eigenvalue weighted by Gasteiger charge is 2.28. The molecule has 3 rings (SSSR count). The largest absolute Gasteiger partial charge is 0.493 e. The van der Waals surface area contributed by atoms with Gasteiger partial charge in [0.25, 0.3) is 0 Å². The van der Waals surface area contributed by atoms with Crippen LogP contribution in [0.5, 0.6) is 5.75 Å². The molecule has 0 aliphatic carbocycles. The van der Waals surface area contributed by atoms with E-state index in [1.807, 2.05) is 0 Å². The van der Waals surface area contributed by atoms with Gasteiger partial charge in [0.2, 0.25) is 0 Å². The minimum atomic E-state index is 0.270. The molecule has 1 aromatic rings. The molecule has 0 radical (unpaired) electrons. The van der Waals surface area contributed by atoms with E-state index in [1.165, 1.54) is 11.1 Å². The van der Waals surface area contributed by atoms with Crippen molar-refractivity contribution in [2.24, 2.45) is 5.41 Å². The molecule has 0 atom stereocenters. The van der Waals surface area contributed by atoms with Crippen molar-refractivity contribution in [1.82, 2.24) is 5.32 Å². The zero-order valence-electron chi connectivity index (χ0n) is 11.7. The van der Waals surface area contributed by atoms with Crippen LogP contribution in [0.25, 0.3) is 0 Å². The molecule has 1 saturated heterocycles. The highest BCUT2D eigenvalue weighted by atomic mass is 16.5. The molecule has 0 aromatic heterocycles. The van der Waals surface area contributed by atoms with E-state index in [0.717, 1.165) is 57.9 Å². The second-order valence-electron chi connectivity index (χ2n) is 6.07. The first-order chi connectivity index (χ1) is 9.25. The van der Waals surface area contributed by atoms with Crippen molar-refractivity contribution in [3.63, 3.8) is 0 Å². The minimum Gasteiger partial charge on any atom is -0.493 e. The third-order valence-corrected chi connectivity index (χ3v) is 4.35. The number of ether oxygens (including phenoxy) is 2. The molecule has 0 saturated carbocycles. The molecule has 19 heavy (non-hydrogen) atoms. The summed E-state index contributed by atoms with van der Waals surface area (Å²) in [4.78, 5) is 0. The summed E-state index contributed by atoms with van der Waals surface area (Å²) in [5, 5.41) is 3.41. The van der Waals surface area contributed by atoms with Crippen LogP contribution in [0.3, 0.4) is 0 Å². The topological polar surface area (TPSA) is 30.5 Å². The Morgan fingerprint density at radius 1 is 1.26 bits per heavy atom. The molecule has 1 N–H and O–H groups in total. The Balaban J connectivity index is 1.63. The van der Waals surface area contributed by atoms with Gasteiger partial charge >= 0.3 is 0 Å². The van der Waals surface area contributed by atoms with E-state index >= 15 is 0 Å². The first kappa shape index (κ1) is 12.9. The summed E-state index contributed by atoms with van der Waals surface area (Å²) in [6.07, 6.45) is 3.32. The number of rotatable bonds is 3. The highest BCUT2D eigenvalue weighted by Crippen LogP contribution is 2.31. The van der Waals surface area contributed by atoms with Crippen LogP contribution in [0.4, 0.5) is 0 Å². The molecule has 104 valence electrons. The summed E-state index contributed by atoms with van der Waals surface area (Å²) in [7, 11) is 0. The monoisotopic (exact) mass is 261 g/mol. The van der Waals surface area contributed by atoms with Gasteiger partial charge in [-0.15, -0.1) is 0 Å². The van der Waals surface area contributed by atoms with E-state index in [1.54, 1.807) is 0 Å². The normalized spacial score (nSPS) is 21.7. The van der Waals surface area contributed by atoms with E-state index in [2.05, 4.69) is 30.4 Å². The van der Waals surface area contributed by atoms with Gasteiger partial charge in [-0.1, -0.05) is 13.0 Å². The van der Waals surface area contributed by atoms with Gasteiger partial charge in [0.15, 0.2) is 0 Å². The van der Waals surface area contributed by atoms with Crippen LogP contribution in [0.15, 0.2) is 18.2 Å². The smallest absolute Gasteiger partial charge is 0.119 e. The van der Waals surface area contributed by atoms with Gasteiger partial charge in [-0.3, -0.25) is 0 Å². The molecule has 3 heteroatoms. The molecule has 2 aliphatic rings. The van der Waals surface area contributed by atoms with Crippen molar-refractivity contribution in [1.29, 1.82) is 0 Å². The number of hydrogen-bond acceptors (Lipinski definition) is 3. The fraction of sp³-hybridized carbons (Fsp3) is 0.625. The summed E-state index contributed by atoms with van der Waals surface area (Å²) in [5.74, 6) is 1.01. The number of benzene rings is 1. The molecule has 3 nitrogen and oxygen atoms in total. The standard InChI is InChI=1S/C16H23NO2/c1-16(5-8-18-9-6-16)12-19-15-3-2-13-4-7-17-11-14(13)10-15/h2-3,10,17H,4-9,11-12H2,1H3. The number of hydrogen-bond donors (Lipinski definition) is 1. The molecule has 2 heterocycles. The maximum atomic E-state index is 6.03. The zero-order valence-corrected chi connectivity index (χ0v) is 11.7. The molecular weight excluding hydrogens is 238 g/mol. The average molecular weight is 261 g/mol. The van der Waals surface area contributed by atoms with Crippen molar-refractivity contribution < 1.29 is 9.47 Å². The lowest BCUT2D eigenvalue weighted by Crippen LogP contribution is -2.32. The maximum Gasteiger partial charge on any atom is 0.119 e. The van der Waals surface area contributed by atoms with E-state index in [-0.39, 0.29) is 5.41 Å². The lowest BCUT2D eigenvalue weighted by atomic mass is 9.83. The van der Waals surface area contributed by atoms with Gasteiger partial charge < -0.3 is 14.8 Å². The third-order valence-electron chi connectivity index (χ3n) is 4.35. The Kier molecular flexibility index (Phi) is 3.76. The van der Waals surface area contributed by atoms with Crippen molar-refractivity contribution in [3.8, 4) is 5.75 Å². The fourth-order valence-electron chi connectivity index (χ4n) is 2.81. The number of nitrogens with one attached hydrogen (secondary N) is 1. The molecular formula is C16H23NO2. The van der Waals surface area contributed by atoms with Gasteiger partial charge in [0, 0.05) is 25.2 Å². The van der Waals surface area contributed by atoms with Crippen molar-refractivity contribution in [2.75, 3.05) is 26.4 Å². The molecule has 0 bridgehead atoms. The van der Waals surface area contributed by atoms with Gasteiger partial charge in [-0.25, -0.2) is 0 Å². The van der Waals surface area contributed by atoms with Crippen LogP contribution in [0.2, 0.25) is 0 Å². The van der Waals surface area contributed by atoms with Crippen LogP contribution in [-0.2, 0) is 17.7 Å². The van der Waals surface area contributed by atoms with Crippen molar-refractivity contribution in [3.05, 3.63) is 29.3 Å². The zero-order chi connectivity index (χ0) is 13.1. The Hall–Kier alpha value is -1.06. The van der Waals surface area contributed by atoms with Gasteiger partial charge in [-0.05, 0) is 49.1 Å². The SMILES string of the molecule is CC1(COc2ccc3c(c2)CNCC3)CCOCC1. The first-order valence-corrected chi connectivity index (χ1v) is 7.28. The predicted molar refractivity (Wildman–Crippen MR) is 75.5 cm³/mol. The van der Waals surface area contributed by atoms with Gasteiger partial charge in [0.1, 0.15) is 5.75 Å². The Morgan fingerprint density at radius 3 is 2.95 bits per heavy atom. The average Bonchev–Trinajstić information content (AvgIpc) is 2.46. The Morgan fingerprint density at radius 2 is 2.11 bits per heavy atom. The van der Waals surface area contributed by atoms with Crippen LogP contribution in [0.1, 0.15) is 30.9 Å². The van der Waals surface area contributed by atoms with Crippen molar-refractivity contribution in [2.45, 2.75) is 32.7 Å². The predicted octanol–water partition coefficient (Wildman–Crippen LogP) is 2.53. The lowest BCUT2D eigenvalue weighted by molar-refractivity contribution is 0.000291. The molecule has 0 amide bonds. The summed E-state index contributed by atoms with van der Waals surface area (Å²) < 4.78 is 11.5. The van der Waals surface area contributed by atoms with Crippen LogP contribution >= 0.6 is 0 Å². The van der Waals surface area contributed by atoms with Gasteiger partial charge in [0.05, 0.1) is 6.61 Å². The third kappa shape index (κ3) is 3.10. The minimum absolute atomic E-state index is 0.270. The maximum absolute atomic E-state index is 6.03. The second-order valence-corrected chi connectivity index (χ2v) is 6.07. The number of fused-ring (bicyclic) bond motifs is 1. The highest BCUT2D eigenvalue weighted by molar-refractivity contribution is 5.37. The second kappa shape index (κ2) is 5.51. The van der Waals surface area contributed by atoms with E-state index in [0.29, 0.717) is 0 Å². The fourth-order valence-corrected chi connectivity index (χ4v) is 2.81. The molecule has 1 fully saturated rings. The molecule has 1 aromatic carbocycles. The molecule has 0 unspecified atom stereocenters. The molecule has 2 aliphatic heterocycles. The lowest BCUT2D eigenvalue weighted by Gasteiger charge is -2.33. The van der Waals surface area contributed by atoms with E-state index in [9.17, 15) is 0 Å². The Labute approximate surface area is 115 Å². The molecule has 0 spiro atoms. The summed E-state index contributed by atoms with van der Waals surface area (Å²) in [5.41, 5.74) is 3.12. The van der Waals surface area contributed by atoms with E-state index in [4.69, 9.17) is 9.47 Å².